The first kappa shape index (κ1) is 7.02. The van der Waals surface area contributed by atoms with Gasteiger partial charge in [-0.05, 0) is 12.3 Å². The van der Waals surface area contributed by atoms with Gasteiger partial charge in [-0.2, -0.15) is 0 Å². The second-order valence-corrected chi connectivity index (χ2v) is 3.99. The Bertz CT molecular complexity index is 122. The molecule has 0 radical (unpaired) electrons. The zero-order chi connectivity index (χ0) is 6.69. The minimum Gasteiger partial charge on any atom is -0.101 e. The minimum absolute atomic E-state index is 0.791. The fourth-order valence-electron chi connectivity index (χ4n) is 0.905. The van der Waals surface area contributed by atoms with Crippen LogP contribution in [0.3, 0.4) is 0 Å². The molecule has 0 spiro atoms. The summed E-state index contributed by atoms with van der Waals surface area (Å²) in [6, 6.07) is 0. The van der Waals surface area contributed by atoms with Crippen LogP contribution in [0.25, 0.3) is 0 Å². The lowest BCUT2D eigenvalue weighted by atomic mass is 10.1. The van der Waals surface area contributed by atoms with Crippen LogP contribution >= 0.6 is 8.20 Å². The molecule has 1 rings (SSSR count). The van der Waals surface area contributed by atoms with E-state index in [1.165, 1.54) is 14.6 Å². The summed E-state index contributed by atoms with van der Waals surface area (Å²) in [5, 5.41) is 0. The van der Waals surface area contributed by atoms with Crippen molar-refractivity contribution in [2.75, 3.05) is 0 Å². The van der Waals surface area contributed by atoms with E-state index < -0.39 is 0 Å². The van der Waals surface area contributed by atoms with Crippen LogP contribution in [0, 0.1) is 5.92 Å². The first-order valence-corrected chi connectivity index (χ1v) is 4.52. The Morgan fingerprint density at radius 2 is 2.33 bits per heavy atom. The van der Waals surface area contributed by atoms with E-state index in [-0.39, 0.29) is 0 Å². The van der Waals surface area contributed by atoms with Crippen LogP contribution in [0.1, 0.15) is 20.3 Å². The van der Waals surface area contributed by atoms with Crippen molar-refractivity contribution in [3.8, 4) is 0 Å². The Morgan fingerprint density at radius 1 is 1.56 bits per heavy atom. The van der Waals surface area contributed by atoms with Crippen LogP contribution in [0.15, 0.2) is 12.2 Å². The summed E-state index contributed by atoms with van der Waals surface area (Å²) in [7, 11) is 1.51. The molecule has 0 aliphatic carbocycles. The molecular weight excluding hydrogens is 127 g/mol. The van der Waals surface area contributed by atoms with Crippen LogP contribution in [-0.4, -0.2) is 11.5 Å². The molecule has 0 fully saturated rings. The Hall–Kier alpha value is -0.0900. The highest BCUT2D eigenvalue weighted by molar-refractivity contribution is 7.39. The molecule has 9 heavy (non-hydrogen) atoms. The zero-order valence-corrected chi connectivity index (χ0v) is 6.94. The standard InChI is InChI=1S/C8H13P/c1-7(2)8-5-3-4-6-9-8/h3,5-8H,4H2,1-2H3. The summed E-state index contributed by atoms with van der Waals surface area (Å²) in [4.78, 5) is 0. The lowest BCUT2D eigenvalue weighted by molar-refractivity contribution is 0.676. The van der Waals surface area contributed by atoms with Gasteiger partial charge in [0.1, 0.15) is 0 Å². The Kier molecular flexibility index (Phi) is 2.48. The quantitative estimate of drug-likeness (QED) is 0.388. The summed E-state index contributed by atoms with van der Waals surface area (Å²) >= 11 is 0. The molecule has 0 bridgehead atoms. The van der Waals surface area contributed by atoms with E-state index in [2.05, 4.69) is 31.8 Å². The molecule has 0 saturated carbocycles. The molecule has 1 aliphatic rings. The van der Waals surface area contributed by atoms with Crippen molar-refractivity contribution in [1.82, 2.24) is 0 Å². The average molecular weight is 140 g/mol. The molecule has 1 unspecified atom stereocenters. The number of hydrogen-bond donors (Lipinski definition) is 0. The lowest BCUT2D eigenvalue weighted by Gasteiger charge is -2.13. The Morgan fingerprint density at radius 3 is 2.67 bits per heavy atom. The van der Waals surface area contributed by atoms with Crippen molar-refractivity contribution < 1.29 is 0 Å². The van der Waals surface area contributed by atoms with E-state index in [4.69, 9.17) is 0 Å². The molecule has 0 aromatic heterocycles. The average Bonchev–Trinajstić information content (AvgIpc) is 1.90. The normalized spacial score (nSPS) is 27.2. The first-order chi connectivity index (χ1) is 4.30. The molecule has 1 heterocycles. The SMILES string of the molecule is CC(C)C1C=CCC=P1. The third-order valence-corrected chi connectivity index (χ3v) is 3.07. The summed E-state index contributed by atoms with van der Waals surface area (Å²) in [6.07, 6.45) is 5.78. The minimum atomic E-state index is 0.791. The van der Waals surface area contributed by atoms with Gasteiger partial charge in [-0.15, -0.1) is 8.20 Å². The van der Waals surface area contributed by atoms with E-state index in [1.54, 1.807) is 0 Å². The number of rotatable bonds is 1. The van der Waals surface area contributed by atoms with E-state index in [0.29, 0.717) is 0 Å². The Labute approximate surface area is 58.8 Å². The highest BCUT2D eigenvalue weighted by atomic mass is 31.1. The van der Waals surface area contributed by atoms with Gasteiger partial charge in [0.05, 0.1) is 0 Å². The van der Waals surface area contributed by atoms with Gasteiger partial charge in [0.15, 0.2) is 0 Å². The van der Waals surface area contributed by atoms with E-state index in [0.717, 1.165) is 11.6 Å². The largest absolute Gasteiger partial charge is 0.101 e. The van der Waals surface area contributed by atoms with Crippen LogP contribution in [-0.2, 0) is 0 Å². The van der Waals surface area contributed by atoms with Crippen LogP contribution in [0.5, 0.6) is 0 Å². The van der Waals surface area contributed by atoms with E-state index >= 15 is 0 Å². The van der Waals surface area contributed by atoms with Crippen LogP contribution in [0.4, 0.5) is 0 Å². The molecule has 1 heteroatoms. The summed E-state index contributed by atoms with van der Waals surface area (Å²) in [5.74, 6) is 3.14. The molecule has 0 nitrogen and oxygen atoms in total. The van der Waals surface area contributed by atoms with Crippen molar-refractivity contribution in [2.24, 2.45) is 5.92 Å². The highest BCUT2D eigenvalue weighted by Gasteiger charge is 2.06. The maximum absolute atomic E-state index is 2.34. The molecule has 1 aliphatic heterocycles. The monoisotopic (exact) mass is 140 g/mol. The van der Waals surface area contributed by atoms with Crippen molar-refractivity contribution in [3.05, 3.63) is 12.2 Å². The molecule has 0 aromatic carbocycles. The van der Waals surface area contributed by atoms with E-state index in [1.807, 2.05) is 0 Å². The second-order valence-electron chi connectivity index (χ2n) is 2.73. The zero-order valence-electron chi connectivity index (χ0n) is 6.04. The maximum atomic E-state index is 2.34. The van der Waals surface area contributed by atoms with Crippen LogP contribution in [0.2, 0.25) is 0 Å². The fourth-order valence-corrected chi connectivity index (χ4v) is 1.96. The first-order valence-electron chi connectivity index (χ1n) is 3.49. The van der Waals surface area contributed by atoms with Gasteiger partial charge in [-0.3, -0.25) is 0 Å². The predicted molar refractivity (Wildman–Crippen MR) is 45.4 cm³/mol. The third kappa shape index (κ3) is 1.95. The molecule has 50 valence electrons. The predicted octanol–water partition coefficient (Wildman–Crippen LogP) is 2.72. The van der Waals surface area contributed by atoms with E-state index in [9.17, 15) is 0 Å². The summed E-state index contributed by atoms with van der Waals surface area (Å²) in [5.41, 5.74) is 0.791. The molecule has 1 atom stereocenters. The Balaban J connectivity index is 2.49. The highest BCUT2D eigenvalue weighted by Crippen LogP contribution is 2.21. The van der Waals surface area contributed by atoms with Crippen molar-refractivity contribution in [2.45, 2.75) is 25.9 Å². The van der Waals surface area contributed by atoms with Gasteiger partial charge in [-0.25, -0.2) is 0 Å². The lowest BCUT2D eigenvalue weighted by Crippen LogP contribution is -2.05. The fraction of sp³-hybridized carbons (Fsp3) is 0.625. The number of hydrogen-bond acceptors (Lipinski definition) is 0. The topological polar surface area (TPSA) is 0 Å². The maximum Gasteiger partial charge on any atom is 0.0208 e. The van der Waals surface area contributed by atoms with Gasteiger partial charge >= 0.3 is 0 Å². The van der Waals surface area contributed by atoms with Gasteiger partial charge in [-0.1, -0.05) is 31.8 Å². The molecule has 0 saturated heterocycles. The third-order valence-electron chi connectivity index (χ3n) is 1.54. The van der Waals surface area contributed by atoms with Gasteiger partial charge in [0, 0.05) is 5.66 Å². The summed E-state index contributed by atoms with van der Waals surface area (Å²) < 4.78 is 0. The number of allylic oxidation sites excluding steroid dienone is 2. The van der Waals surface area contributed by atoms with Crippen molar-refractivity contribution in [1.29, 1.82) is 0 Å². The van der Waals surface area contributed by atoms with Crippen LogP contribution < -0.4 is 0 Å². The van der Waals surface area contributed by atoms with Gasteiger partial charge in [0.2, 0.25) is 0 Å². The van der Waals surface area contributed by atoms with Crippen molar-refractivity contribution in [3.63, 3.8) is 0 Å². The smallest absolute Gasteiger partial charge is 0.0208 e. The van der Waals surface area contributed by atoms with Gasteiger partial charge in [0.25, 0.3) is 0 Å². The molecular formula is C8H13P. The molecule has 0 N–H and O–H groups in total. The molecule has 0 aromatic rings. The second kappa shape index (κ2) is 3.17. The van der Waals surface area contributed by atoms with Crippen molar-refractivity contribution >= 4 is 14.0 Å². The molecule has 0 amide bonds. The summed E-state index contributed by atoms with van der Waals surface area (Å²) in [6.45, 7) is 4.56. The van der Waals surface area contributed by atoms with Gasteiger partial charge < -0.3 is 0 Å².